The van der Waals surface area contributed by atoms with Crippen molar-refractivity contribution in [2.45, 2.75) is 36.6 Å². The van der Waals surface area contributed by atoms with Gasteiger partial charge in [-0.2, -0.15) is 0 Å². The fourth-order valence-electron chi connectivity index (χ4n) is 2.17. The highest BCUT2D eigenvalue weighted by atomic mass is 32.2. The van der Waals surface area contributed by atoms with E-state index < -0.39 is 23.4 Å². The van der Waals surface area contributed by atoms with Crippen LogP contribution >= 0.6 is 11.8 Å². The van der Waals surface area contributed by atoms with Gasteiger partial charge < -0.3 is 10.1 Å². The maximum Gasteiger partial charge on any atom is 0.338 e. The van der Waals surface area contributed by atoms with Gasteiger partial charge in [0.15, 0.2) is 6.61 Å². The zero-order chi connectivity index (χ0) is 20.7. The molecule has 0 spiro atoms. The van der Waals surface area contributed by atoms with E-state index in [-0.39, 0.29) is 23.2 Å². The zero-order valence-electron chi connectivity index (χ0n) is 15.9. The Morgan fingerprint density at radius 1 is 1.14 bits per heavy atom. The molecule has 0 aliphatic rings. The van der Waals surface area contributed by atoms with Crippen LogP contribution in [-0.4, -0.2) is 29.4 Å². The number of hydrogen-bond acceptors (Lipinski definition) is 6. The minimum atomic E-state index is -0.785. The van der Waals surface area contributed by atoms with Crippen molar-refractivity contribution in [2.24, 2.45) is 5.92 Å². The van der Waals surface area contributed by atoms with Gasteiger partial charge in [0.05, 0.1) is 15.4 Å². The summed E-state index contributed by atoms with van der Waals surface area (Å²) in [6.07, 6.45) is 0. The second kappa shape index (κ2) is 9.89. The summed E-state index contributed by atoms with van der Waals surface area (Å²) in [7, 11) is 0. The molecule has 2 rings (SSSR count). The number of nitro benzene ring substituents is 1. The van der Waals surface area contributed by atoms with E-state index in [1.54, 1.807) is 0 Å². The third kappa shape index (κ3) is 6.09. The Hall–Kier alpha value is -2.87. The second-order valence-electron chi connectivity index (χ2n) is 6.53. The highest BCUT2D eigenvalue weighted by molar-refractivity contribution is 7.99. The average Bonchev–Trinajstić information content (AvgIpc) is 2.66. The molecule has 0 fully saturated rings. The SMILES string of the molecule is CC(C)[C@H](C)NC(=O)COC(=O)c1ccc(Sc2ccccc2)c([N+](=O)[O-])c1. The summed E-state index contributed by atoms with van der Waals surface area (Å²) in [5.41, 5.74) is -0.171. The molecule has 0 aliphatic carbocycles. The van der Waals surface area contributed by atoms with Crippen LogP contribution in [0.2, 0.25) is 0 Å². The Kier molecular flexibility index (Phi) is 7.57. The van der Waals surface area contributed by atoms with E-state index in [4.69, 9.17) is 4.74 Å². The van der Waals surface area contributed by atoms with E-state index in [9.17, 15) is 19.7 Å². The normalized spacial score (nSPS) is 11.7. The fourth-order valence-corrected chi connectivity index (χ4v) is 3.09. The number of carbonyl (C=O) groups excluding carboxylic acids is 2. The molecule has 0 unspecified atom stereocenters. The summed E-state index contributed by atoms with van der Waals surface area (Å²) >= 11 is 1.23. The van der Waals surface area contributed by atoms with E-state index in [0.29, 0.717) is 4.90 Å². The highest BCUT2D eigenvalue weighted by Gasteiger charge is 2.20. The van der Waals surface area contributed by atoms with Gasteiger partial charge in [-0.3, -0.25) is 14.9 Å². The molecule has 1 amide bonds. The molecule has 148 valence electrons. The Morgan fingerprint density at radius 3 is 2.43 bits per heavy atom. The molecule has 0 bridgehead atoms. The van der Waals surface area contributed by atoms with Crippen LogP contribution in [0.15, 0.2) is 58.3 Å². The van der Waals surface area contributed by atoms with Gasteiger partial charge >= 0.3 is 5.97 Å². The lowest BCUT2D eigenvalue weighted by molar-refractivity contribution is -0.387. The van der Waals surface area contributed by atoms with Crippen molar-refractivity contribution in [2.75, 3.05) is 6.61 Å². The van der Waals surface area contributed by atoms with Gasteiger partial charge in [0, 0.05) is 17.0 Å². The first-order chi connectivity index (χ1) is 13.3. The first-order valence-electron chi connectivity index (χ1n) is 8.75. The Bertz CT molecular complexity index is 855. The van der Waals surface area contributed by atoms with Crippen LogP contribution < -0.4 is 5.32 Å². The van der Waals surface area contributed by atoms with Gasteiger partial charge in [-0.05, 0) is 37.1 Å². The molecule has 1 atom stereocenters. The lowest BCUT2D eigenvalue weighted by Gasteiger charge is -2.17. The minimum absolute atomic E-state index is 0.0221. The molecule has 0 aliphatic heterocycles. The molecule has 2 aromatic rings. The molecule has 0 saturated heterocycles. The average molecular weight is 402 g/mol. The first kappa shape index (κ1) is 21.4. The highest BCUT2D eigenvalue weighted by Crippen LogP contribution is 2.35. The molecule has 7 nitrogen and oxygen atoms in total. The molecule has 0 saturated carbocycles. The molecule has 0 radical (unpaired) electrons. The van der Waals surface area contributed by atoms with Gasteiger partial charge in [-0.1, -0.05) is 43.8 Å². The maximum absolute atomic E-state index is 12.2. The summed E-state index contributed by atoms with van der Waals surface area (Å²) in [5.74, 6) is -0.955. The molecule has 0 heterocycles. The van der Waals surface area contributed by atoms with Gasteiger partial charge in [0.2, 0.25) is 0 Å². The minimum Gasteiger partial charge on any atom is -0.452 e. The number of nitro groups is 1. The van der Waals surface area contributed by atoms with E-state index in [0.717, 1.165) is 4.90 Å². The molecule has 1 N–H and O–H groups in total. The number of carbonyl (C=O) groups is 2. The summed E-state index contributed by atoms with van der Waals surface area (Å²) < 4.78 is 4.98. The number of hydrogen-bond donors (Lipinski definition) is 1. The third-order valence-electron chi connectivity index (χ3n) is 4.09. The Labute approximate surface area is 167 Å². The van der Waals surface area contributed by atoms with Gasteiger partial charge in [-0.15, -0.1) is 0 Å². The fraction of sp³-hybridized carbons (Fsp3) is 0.300. The standard InChI is InChI=1S/C20H22N2O5S/c1-13(2)14(3)21-19(23)12-27-20(24)15-9-10-18(17(11-15)22(25)26)28-16-7-5-4-6-8-16/h4-11,13-14H,12H2,1-3H3,(H,21,23)/t14-/m0/s1. The molecule has 8 heteroatoms. The zero-order valence-corrected chi connectivity index (χ0v) is 16.7. The van der Waals surface area contributed by atoms with E-state index in [1.165, 1.54) is 30.0 Å². The van der Waals surface area contributed by atoms with Crippen molar-refractivity contribution in [1.29, 1.82) is 0 Å². The van der Waals surface area contributed by atoms with Gasteiger partial charge in [0.25, 0.3) is 11.6 Å². The van der Waals surface area contributed by atoms with Crippen LogP contribution in [0.1, 0.15) is 31.1 Å². The topological polar surface area (TPSA) is 98.5 Å². The van der Waals surface area contributed by atoms with Crippen molar-refractivity contribution in [3.05, 3.63) is 64.2 Å². The monoisotopic (exact) mass is 402 g/mol. The number of nitrogens with zero attached hydrogens (tertiary/aromatic N) is 1. The van der Waals surface area contributed by atoms with E-state index in [1.807, 2.05) is 51.1 Å². The van der Waals surface area contributed by atoms with Crippen LogP contribution in [0.25, 0.3) is 0 Å². The third-order valence-corrected chi connectivity index (χ3v) is 5.16. The second-order valence-corrected chi connectivity index (χ2v) is 7.65. The molecular weight excluding hydrogens is 380 g/mol. The van der Waals surface area contributed by atoms with Crippen LogP contribution in [0.4, 0.5) is 5.69 Å². The Morgan fingerprint density at radius 2 is 1.82 bits per heavy atom. The van der Waals surface area contributed by atoms with Crippen molar-refractivity contribution in [3.8, 4) is 0 Å². The van der Waals surface area contributed by atoms with E-state index in [2.05, 4.69) is 5.32 Å². The molecule has 0 aromatic heterocycles. The van der Waals surface area contributed by atoms with Crippen molar-refractivity contribution < 1.29 is 19.2 Å². The van der Waals surface area contributed by atoms with Crippen LogP contribution in [0, 0.1) is 16.0 Å². The predicted octanol–water partition coefficient (Wildman–Crippen LogP) is 4.06. The number of amides is 1. The largest absolute Gasteiger partial charge is 0.452 e. The lowest BCUT2D eigenvalue weighted by atomic mass is 10.1. The summed E-state index contributed by atoms with van der Waals surface area (Å²) in [6.45, 7) is 5.34. The molecule has 28 heavy (non-hydrogen) atoms. The lowest BCUT2D eigenvalue weighted by Crippen LogP contribution is -2.38. The first-order valence-corrected chi connectivity index (χ1v) is 9.57. The number of rotatable bonds is 8. The van der Waals surface area contributed by atoms with Crippen LogP contribution in [0.5, 0.6) is 0 Å². The van der Waals surface area contributed by atoms with Crippen molar-refractivity contribution >= 4 is 29.3 Å². The number of benzene rings is 2. The number of ether oxygens (including phenoxy) is 1. The Balaban J connectivity index is 2.07. The van der Waals surface area contributed by atoms with Crippen molar-refractivity contribution in [3.63, 3.8) is 0 Å². The maximum atomic E-state index is 12.2. The summed E-state index contributed by atoms with van der Waals surface area (Å²) in [4.78, 5) is 36.1. The molecular formula is C20H22N2O5S. The predicted molar refractivity (Wildman–Crippen MR) is 106 cm³/mol. The summed E-state index contributed by atoms with van der Waals surface area (Å²) in [5, 5.41) is 14.1. The van der Waals surface area contributed by atoms with E-state index >= 15 is 0 Å². The van der Waals surface area contributed by atoms with Crippen LogP contribution in [-0.2, 0) is 9.53 Å². The number of esters is 1. The number of nitrogens with one attached hydrogen (secondary N) is 1. The van der Waals surface area contributed by atoms with Gasteiger partial charge in [-0.25, -0.2) is 4.79 Å². The van der Waals surface area contributed by atoms with Crippen LogP contribution in [0.3, 0.4) is 0 Å². The smallest absolute Gasteiger partial charge is 0.338 e. The quantitative estimate of drug-likeness (QED) is 0.406. The van der Waals surface area contributed by atoms with Gasteiger partial charge in [0.1, 0.15) is 0 Å². The van der Waals surface area contributed by atoms with Crippen molar-refractivity contribution in [1.82, 2.24) is 5.32 Å². The summed E-state index contributed by atoms with van der Waals surface area (Å²) in [6, 6.07) is 13.3. The molecule has 2 aromatic carbocycles.